The van der Waals surface area contributed by atoms with Crippen LogP contribution in [0.5, 0.6) is 5.06 Å². The summed E-state index contributed by atoms with van der Waals surface area (Å²) in [4.78, 5) is 28.6. The van der Waals surface area contributed by atoms with E-state index in [0.717, 1.165) is 40.7 Å². The fraction of sp³-hybridized carbons (Fsp3) is 0.375. The Bertz CT molecular complexity index is 1140. The molecule has 1 aliphatic carbocycles. The number of aromatic nitrogens is 4. The Balaban J connectivity index is 1.78. The largest absolute Gasteiger partial charge is 0.485 e. The second-order valence-electron chi connectivity index (χ2n) is 6.39. The first-order valence-electron chi connectivity index (χ1n) is 8.23. The number of primary amides is 1. The van der Waals surface area contributed by atoms with E-state index in [0.29, 0.717) is 5.69 Å². The van der Waals surface area contributed by atoms with E-state index in [1.807, 2.05) is 0 Å². The van der Waals surface area contributed by atoms with Gasteiger partial charge in [0.2, 0.25) is 10.0 Å². The number of amides is 1. The zero-order valence-electron chi connectivity index (χ0n) is 14.5. The standard InChI is InChI=1S/C16H14F3N5O3S/c1-27-14-12(13(20)26)24-11(25)4-8(21-15(24)28-14)6-23-9(7-2-3-7)5-10(22-23)16(17,18)19/h4-5,7H,2-3,6H2,1H3,(H2,20,26). The van der Waals surface area contributed by atoms with Crippen LogP contribution in [0.15, 0.2) is 16.9 Å². The van der Waals surface area contributed by atoms with Crippen molar-refractivity contribution in [3.05, 3.63) is 45.3 Å². The molecule has 8 nitrogen and oxygen atoms in total. The quantitative estimate of drug-likeness (QED) is 0.689. The maximum absolute atomic E-state index is 13.0. The van der Waals surface area contributed by atoms with Crippen LogP contribution < -0.4 is 16.0 Å². The van der Waals surface area contributed by atoms with Crippen molar-refractivity contribution in [2.24, 2.45) is 5.73 Å². The van der Waals surface area contributed by atoms with Gasteiger partial charge in [0.15, 0.2) is 11.4 Å². The highest BCUT2D eigenvalue weighted by Crippen LogP contribution is 2.42. The molecule has 0 bridgehead atoms. The zero-order chi connectivity index (χ0) is 20.2. The minimum absolute atomic E-state index is 0.0247. The highest BCUT2D eigenvalue weighted by Gasteiger charge is 2.38. The van der Waals surface area contributed by atoms with E-state index < -0.39 is 23.3 Å². The van der Waals surface area contributed by atoms with Gasteiger partial charge in [-0.25, -0.2) is 9.38 Å². The van der Waals surface area contributed by atoms with Crippen molar-refractivity contribution in [3.63, 3.8) is 0 Å². The molecule has 28 heavy (non-hydrogen) atoms. The Kier molecular flexibility index (Phi) is 4.17. The first kappa shape index (κ1) is 18.5. The summed E-state index contributed by atoms with van der Waals surface area (Å²) in [5.74, 6) is -0.825. The molecule has 0 saturated heterocycles. The Labute approximate surface area is 159 Å². The Morgan fingerprint density at radius 2 is 2.11 bits per heavy atom. The number of nitrogens with zero attached hydrogens (tertiary/aromatic N) is 4. The molecular formula is C16H14F3N5O3S. The predicted octanol–water partition coefficient (Wildman–Crippen LogP) is 2.00. The first-order chi connectivity index (χ1) is 13.2. The lowest BCUT2D eigenvalue weighted by molar-refractivity contribution is -0.141. The molecule has 1 saturated carbocycles. The van der Waals surface area contributed by atoms with Crippen molar-refractivity contribution < 1.29 is 22.7 Å². The van der Waals surface area contributed by atoms with Crippen LogP contribution in [0.3, 0.4) is 0 Å². The molecule has 0 aromatic carbocycles. The first-order valence-corrected chi connectivity index (χ1v) is 9.05. The van der Waals surface area contributed by atoms with E-state index in [-0.39, 0.29) is 33.9 Å². The van der Waals surface area contributed by atoms with E-state index >= 15 is 0 Å². The fourth-order valence-electron chi connectivity index (χ4n) is 2.99. The van der Waals surface area contributed by atoms with Gasteiger partial charge in [-0.15, -0.1) is 0 Å². The fourth-order valence-corrected chi connectivity index (χ4v) is 3.96. The van der Waals surface area contributed by atoms with E-state index in [4.69, 9.17) is 10.5 Å². The summed E-state index contributed by atoms with van der Waals surface area (Å²) in [5, 5.41) is 3.79. The van der Waals surface area contributed by atoms with Crippen molar-refractivity contribution >= 4 is 22.2 Å². The summed E-state index contributed by atoms with van der Waals surface area (Å²) in [5.41, 5.74) is 4.34. The molecule has 0 atom stereocenters. The molecule has 3 aromatic rings. The van der Waals surface area contributed by atoms with Crippen molar-refractivity contribution in [2.45, 2.75) is 31.5 Å². The summed E-state index contributed by atoms with van der Waals surface area (Å²) >= 11 is 0.943. The van der Waals surface area contributed by atoms with Gasteiger partial charge in [-0.2, -0.15) is 18.3 Å². The number of ether oxygens (including phenoxy) is 1. The molecule has 0 spiro atoms. The van der Waals surface area contributed by atoms with Crippen LogP contribution in [0.25, 0.3) is 4.96 Å². The van der Waals surface area contributed by atoms with Gasteiger partial charge in [0.25, 0.3) is 11.5 Å². The van der Waals surface area contributed by atoms with Crippen LogP contribution in [0.4, 0.5) is 13.2 Å². The van der Waals surface area contributed by atoms with Crippen LogP contribution in [-0.4, -0.2) is 32.2 Å². The zero-order valence-corrected chi connectivity index (χ0v) is 15.3. The molecule has 1 amide bonds. The SMILES string of the molecule is COc1sc2nc(Cn3nc(C(F)(F)F)cc3C3CC3)cc(=O)n2c1C(N)=O. The molecule has 1 fully saturated rings. The molecule has 2 N–H and O–H groups in total. The number of halogens is 3. The van der Waals surface area contributed by atoms with Gasteiger partial charge in [-0.05, 0) is 18.9 Å². The third-order valence-electron chi connectivity index (χ3n) is 4.37. The Morgan fingerprint density at radius 3 is 2.68 bits per heavy atom. The molecule has 0 unspecified atom stereocenters. The lowest BCUT2D eigenvalue weighted by Crippen LogP contribution is -2.23. The van der Waals surface area contributed by atoms with Crippen molar-refractivity contribution in [2.75, 3.05) is 7.11 Å². The van der Waals surface area contributed by atoms with E-state index in [1.165, 1.54) is 11.8 Å². The average Bonchev–Trinajstić information content (AvgIpc) is 3.22. The third-order valence-corrected chi connectivity index (χ3v) is 5.37. The third kappa shape index (κ3) is 3.13. The minimum Gasteiger partial charge on any atom is -0.485 e. The van der Waals surface area contributed by atoms with Crippen molar-refractivity contribution in [1.29, 1.82) is 0 Å². The second kappa shape index (κ2) is 6.33. The summed E-state index contributed by atoms with van der Waals surface area (Å²) in [7, 11) is 1.33. The Morgan fingerprint density at radius 1 is 1.39 bits per heavy atom. The van der Waals surface area contributed by atoms with Crippen LogP contribution in [0.2, 0.25) is 0 Å². The van der Waals surface area contributed by atoms with Gasteiger partial charge < -0.3 is 10.5 Å². The number of carbonyl (C=O) groups excluding carboxylic acids is 1. The van der Waals surface area contributed by atoms with Gasteiger partial charge in [0, 0.05) is 17.7 Å². The highest BCUT2D eigenvalue weighted by atomic mass is 32.1. The van der Waals surface area contributed by atoms with Crippen LogP contribution in [0, 0.1) is 0 Å². The van der Waals surface area contributed by atoms with Crippen molar-refractivity contribution in [1.82, 2.24) is 19.2 Å². The Hall–Kier alpha value is -2.89. The number of methoxy groups -OCH3 is 1. The number of rotatable bonds is 5. The predicted molar refractivity (Wildman–Crippen MR) is 92.7 cm³/mol. The smallest absolute Gasteiger partial charge is 0.435 e. The molecule has 0 aliphatic heterocycles. The van der Waals surface area contributed by atoms with Gasteiger partial charge >= 0.3 is 6.18 Å². The number of thiazole rings is 1. The van der Waals surface area contributed by atoms with E-state index in [9.17, 15) is 22.8 Å². The van der Waals surface area contributed by atoms with Gasteiger partial charge in [0.05, 0.1) is 19.3 Å². The normalized spacial score (nSPS) is 14.6. The topological polar surface area (TPSA) is 105 Å². The summed E-state index contributed by atoms with van der Waals surface area (Å²) in [6.45, 7) is -0.0974. The summed E-state index contributed by atoms with van der Waals surface area (Å²) in [6.07, 6.45) is -2.96. The van der Waals surface area contributed by atoms with E-state index in [2.05, 4.69) is 10.1 Å². The lowest BCUT2D eigenvalue weighted by atomic mass is 10.2. The number of nitrogens with two attached hydrogens (primary N) is 1. The minimum atomic E-state index is -4.55. The molecule has 0 radical (unpaired) electrons. The lowest BCUT2D eigenvalue weighted by Gasteiger charge is -2.06. The van der Waals surface area contributed by atoms with Gasteiger partial charge in [-0.3, -0.25) is 14.3 Å². The molecule has 3 aromatic heterocycles. The summed E-state index contributed by atoms with van der Waals surface area (Å²) < 4.78 is 46.5. The van der Waals surface area contributed by atoms with Crippen LogP contribution in [-0.2, 0) is 12.7 Å². The molecular weight excluding hydrogens is 399 g/mol. The molecule has 4 rings (SSSR count). The maximum Gasteiger partial charge on any atom is 0.435 e. The summed E-state index contributed by atoms with van der Waals surface area (Å²) in [6, 6.07) is 2.19. The highest BCUT2D eigenvalue weighted by molar-refractivity contribution is 7.19. The number of hydrogen-bond acceptors (Lipinski definition) is 6. The van der Waals surface area contributed by atoms with Crippen LogP contribution >= 0.6 is 11.3 Å². The van der Waals surface area contributed by atoms with E-state index in [1.54, 1.807) is 0 Å². The molecule has 3 heterocycles. The average molecular weight is 413 g/mol. The van der Waals surface area contributed by atoms with Crippen molar-refractivity contribution in [3.8, 4) is 5.06 Å². The molecule has 12 heteroatoms. The second-order valence-corrected chi connectivity index (χ2v) is 7.33. The number of alkyl halides is 3. The number of hydrogen-bond donors (Lipinski definition) is 1. The van der Waals surface area contributed by atoms with Crippen LogP contribution in [0.1, 0.15) is 46.3 Å². The number of fused-ring (bicyclic) bond motifs is 1. The molecule has 148 valence electrons. The monoisotopic (exact) mass is 413 g/mol. The number of carbonyl (C=O) groups is 1. The van der Waals surface area contributed by atoms with Gasteiger partial charge in [0.1, 0.15) is 0 Å². The van der Waals surface area contributed by atoms with Gasteiger partial charge in [-0.1, -0.05) is 11.3 Å². The maximum atomic E-state index is 13.0. The molecule has 1 aliphatic rings.